The van der Waals surface area contributed by atoms with Crippen molar-refractivity contribution in [3.05, 3.63) is 139 Å². The first-order valence-corrected chi connectivity index (χ1v) is 14.0. The Bertz CT molecular complexity index is 1340. The number of rotatable bonds is 7. The van der Waals surface area contributed by atoms with Crippen LogP contribution in [-0.4, -0.2) is 13.3 Å². The molecule has 35 heavy (non-hydrogen) atoms. The van der Waals surface area contributed by atoms with Gasteiger partial charge in [0.15, 0.2) is 0 Å². The summed E-state index contributed by atoms with van der Waals surface area (Å²) in [6.45, 7) is 2.24. The van der Waals surface area contributed by atoms with Crippen LogP contribution in [-0.2, 0) is 0 Å². The molecule has 0 N–H and O–H groups in total. The first-order chi connectivity index (χ1) is 17.2. The van der Waals surface area contributed by atoms with Crippen LogP contribution in [0.15, 0.2) is 133 Å². The highest BCUT2D eigenvalue weighted by Gasteiger charge is 2.44. The van der Waals surface area contributed by atoms with Gasteiger partial charge >= 0.3 is 0 Å². The topological polar surface area (TPSA) is 9.23 Å². The summed E-state index contributed by atoms with van der Waals surface area (Å²) >= 11 is 0. The van der Waals surface area contributed by atoms with Crippen LogP contribution in [0.25, 0.3) is 16.3 Å². The van der Waals surface area contributed by atoms with E-state index in [1.165, 1.54) is 37.8 Å². The highest BCUT2D eigenvalue weighted by atomic mass is 31.2. The van der Waals surface area contributed by atoms with Crippen molar-refractivity contribution in [2.45, 2.75) is 6.92 Å². The van der Waals surface area contributed by atoms with Crippen molar-refractivity contribution in [3.8, 4) is 5.75 Å². The molecule has 5 rings (SSSR count). The predicted molar refractivity (Wildman–Crippen MR) is 154 cm³/mol. The summed E-state index contributed by atoms with van der Waals surface area (Å²) in [7, 11) is -0.167. The second-order valence-electron chi connectivity index (χ2n) is 8.81. The van der Waals surface area contributed by atoms with Crippen LogP contribution >= 0.6 is 7.26 Å². The molecule has 1 nitrogen and oxygen atoms in total. The van der Waals surface area contributed by atoms with Gasteiger partial charge in [-0.25, -0.2) is 0 Å². The third-order valence-electron chi connectivity index (χ3n) is 6.76. The maximum Gasteiger partial charge on any atom is 0.119 e. The Labute approximate surface area is 209 Å². The second kappa shape index (κ2) is 10.3. The quantitative estimate of drug-likeness (QED) is 0.226. The highest BCUT2D eigenvalue weighted by molar-refractivity contribution is 7.95. The fourth-order valence-corrected chi connectivity index (χ4v) is 8.92. The van der Waals surface area contributed by atoms with Gasteiger partial charge < -0.3 is 4.74 Å². The van der Waals surface area contributed by atoms with Gasteiger partial charge in [0.25, 0.3) is 0 Å². The van der Waals surface area contributed by atoms with E-state index in [0.29, 0.717) is 0 Å². The summed E-state index contributed by atoms with van der Waals surface area (Å²) in [5.74, 6) is 0.890. The van der Waals surface area contributed by atoms with Gasteiger partial charge in [0.2, 0.25) is 0 Å². The van der Waals surface area contributed by atoms with Crippen molar-refractivity contribution in [1.29, 1.82) is 0 Å². The summed E-state index contributed by atoms with van der Waals surface area (Å²) in [6.07, 6.45) is 3.42. The minimum absolute atomic E-state index is 0.890. The average Bonchev–Trinajstić information content (AvgIpc) is 2.94. The summed E-state index contributed by atoms with van der Waals surface area (Å²) in [5, 5.41) is 6.65. The molecule has 0 bridgehead atoms. The van der Waals surface area contributed by atoms with Crippen LogP contribution in [0.1, 0.15) is 12.5 Å². The minimum atomic E-state index is -1.88. The monoisotopic (exact) mass is 473 g/mol. The molecule has 0 aliphatic carbocycles. The highest BCUT2D eigenvalue weighted by Crippen LogP contribution is 2.55. The largest absolute Gasteiger partial charge is 0.497 e. The third kappa shape index (κ3) is 4.65. The molecule has 0 saturated heterocycles. The maximum absolute atomic E-state index is 5.39. The number of methoxy groups -OCH3 is 1. The van der Waals surface area contributed by atoms with Crippen LogP contribution in [0.5, 0.6) is 5.75 Å². The van der Waals surface area contributed by atoms with Crippen LogP contribution in [0.3, 0.4) is 0 Å². The van der Waals surface area contributed by atoms with Crippen molar-refractivity contribution >= 4 is 39.5 Å². The van der Waals surface area contributed by atoms with Crippen molar-refractivity contribution in [2.75, 3.05) is 13.3 Å². The number of allylic oxidation sites excluding steroid dienone is 2. The first-order valence-electron chi connectivity index (χ1n) is 12.0. The average molecular weight is 474 g/mol. The molecule has 0 fully saturated rings. The zero-order valence-corrected chi connectivity index (χ0v) is 21.2. The maximum atomic E-state index is 5.39. The van der Waals surface area contributed by atoms with Gasteiger partial charge in [0, 0.05) is 0 Å². The molecular weight excluding hydrogens is 443 g/mol. The van der Waals surface area contributed by atoms with Crippen LogP contribution in [0, 0.1) is 0 Å². The molecule has 172 valence electrons. The summed E-state index contributed by atoms with van der Waals surface area (Å²) in [5.41, 5.74) is 2.56. The van der Waals surface area contributed by atoms with Crippen LogP contribution < -0.4 is 20.7 Å². The molecule has 2 heteroatoms. The Kier molecular flexibility index (Phi) is 6.80. The standard InChI is InChI=1S/C33H30OP/c1-26(27-18-19-29-25-30(34-2)21-20-28(29)24-27)22-23-35(31-12-6-3-7-13-31,32-14-8-4-9-15-32)33-16-10-5-11-17-33/h3-22,24-25H,23H2,1-2H3/q+1/b26-22+. The molecule has 5 aromatic carbocycles. The Morgan fingerprint density at radius 3 is 1.63 bits per heavy atom. The minimum Gasteiger partial charge on any atom is -0.497 e. The van der Waals surface area contributed by atoms with Gasteiger partial charge in [0.1, 0.15) is 28.9 Å². The Morgan fingerprint density at radius 2 is 1.11 bits per heavy atom. The molecule has 0 amide bonds. The van der Waals surface area contributed by atoms with Gasteiger partial charge in [-0.05, 0) is 89.5 Å². The summed E-state index contributed by atoms with van der Waals surface area (Å²) < 4.78 is 5.39. The number of hydrogen-bond acceptors (Lipinski definition) is 1. The predicted octanol–water partition coefficient (Wildman–Crippen LogP) is 7.25. The van der Waals surface area contributed by atoms with E-state index in [1.54, 1.807) is 7.11 Å². The van der Waals surface area contributed by atoms with E-state index in [1.807, 2.05) is 6.07 Å². The molecule has 0 spiro atoms. The van der Waals surface area contributed by atoms with Crippen molar-refractivity contribution in [2.24, 2.45) is 0 Å². The lowest BCUT2D eigenvalue weighted by atomic mass is 10.0. The van der Waals surface area contributed by atoms with Gasteiger partial charge in [-0.3, -0.25) is 0 Å². The second-order valence-corrected chi connectivity index (χ2v) is 12.3. The van der Waals surface area contributed by atoms with Crippen molar-refractivity contribution in [3.63, 3.8) is 0 Å². The number of hydrogen-bond donors (Lipinski definition) is 0. The van der Waals surface area contributed by atoms with Crippen LogP contribution in [0.2, 0.25) is 0 Å². The van der Waals surface area contributed by atoms with Gasteiger partial charge in [0.05, 0.1) is 13.3 Å². The molecular formula is C33H30OP+. The van der Waals surface area contributed by atoms with Crippen molar-refractivity contribution < 1.29 is 4.74 Å². The summed E-state index contributed by atoms with van der Waals surface area (Å²) in [6, 6.07) is 46.2. The molecule has 0 radical (unpaired) electrons. The molecule has 0 unspecified atom stereocenters. The van der Waals surface area contributed by atoms with E-state index in [2.05, 4.69) is 134 Å². The SMILES string of the molecule is COc1ccc2cc(/C(C)=C/C[P+](c3ccccc3)(c3ccccc3)c3ccccc3)ccc2c1. The van der Waals surface area contributed by atoms with E-state index >= 15 is 0 Å². The lowest BCUT2D eigenvalue weighted by molar-refractivity contribution is 0.415. The van der Waals surface area contributed by atoms with Gasteiger partial charge in [-0.15, -0.1) is 0 Å². The Balaban J connectivity index is 1.62. The molecule has 0 saturated carbocycles. The van der Waals surface area contributed by atoms with Crippen LogP contribution in [0.4, 0.5) is 0 Å². The molecule has 0 heterocycles. The van der Waals surface area contributed by atoms with E-state index in [4.69, 9.17) is 4.74 Å². The fraction of sp³-hybridized carbons (Fsp3) is 0.0909. The third-order valence-corrected chi connectivity index (χ3v) is 11.0. The lowest BCUT2D eigenvalue weighted by Gasteiger charge is -2.27. The smallest absolute Gasteiger partial charge is 0.119 e. The van der Waals surface area contributed by atoms with Gasteiger partial charge in [-0.2, -0.15) is 0 Å². The molecule has 0 aliphatic rings. The van der Waals surface area contributed by atoms with Crippen molar-refractivity contribution in [1.82, 2.24) is 0 Å². The van der Waals surface area contributed by atoms with E-state index in [0.717, 1.165) is 11.9 Å². The van der Waals surface area contributed by atoms with E-state index in [9.17, 15) is 0 Å². The van der Waals surface area contributed by atoms with Gasteiger partial charge in [-0.1, -0.05) is 72.8 Å². The fourth-order valence-electron chi connectivity index (χ4n) is 4.80. The Morgan fingerprint density at radius 1 is 0.629 bits per heavy atom. The lowest BCUT2D eigenvalue weighted by Crippen LogP contribution is -2.32. The number of fused-ring (bicyclic) bond motifs is 1. The zero-order chi connectivity index (χ0) is 24.1. The molecule has 0 atom stereocenters. The van der Waals surface area contributed by atoms with E-state index in [-0.39, 0.29) is 0 Å². The number of benzene rings is 5. The Hall–Kier alpha value is -3.67. The van der Waals surface area contributed by atoms with E-state index < -0.39 is 7.26 Å². The molecule has 0 aliphatic heterocycles. The molecule has 0 aromatic heterocycles. The first kappa shape index (κ1) is 23.1. The zero-order valence-electron chi connectivity index (χ0n) is 20.3. The number of ether oxygens (including phenoxy) is 1. The molecule has 5 aromatic rings. The normalized spacial score (nSPS) is 12.0. The summed E-state index contributed by atoms with van der Waals surface area (Å²) in [4.78, 5) is 0.